The fourth-order valence-corrected chi connectivity index (χ4v) is 3.70. The molecule has 1 heterocycles. The van der Waals surface area contributed by atoms with Gasteiger partial charge >= 0.3 is 0 Å². The van der Waals surface area contributed by atoms with Gasteiger partial charge in [-0.3, -0.25) is 0 Å². The predicted octanol–water partition coefficient (Wildman–Crippen LogP) is 3.27. The average molecular weight is 372 g/mol. The van der Waals surface area contributed by atoms with E-state index in [0.29, 0.717) is 18.7 Å². The van der Waals surface area contributed by atoms with Crippen molar-refractivity contribution in [3.05, 3.63) is 65.9 Å². The molecule has 0 unspecified atom stereocenters. The molecule has 0 saturated heterocycles. The number of nitrogens with one attached hydrogen (secondary N) is 2. The highest BCUT2D eigenvalue weighted by Gasteiger charge is 2.11. The van der Waals surface area contributed by atoms with E-state index in [2.05, 4.69) is 16.6 Å². The van der Waals surface area contributed by atoms with Crippen molar-refractivity contribution in [3.8, 4) is 5.75 Å². The maximum atomic E-state index is 12.1. The van der Waals surface area contributed by atoms with Crippen molar-refractivity contribution in [2.45, 2.75) is 19.8 Å². The number of aromatic nitrogens is 1. The van der Waals surface area contributed by atoms with Gasteiger partial charge in [0.2, 0.25) is 10.0 Å². The number of fused-ring (bicyclic) bond motifs is 1. The second-order valence-corrected chi connectivity index (χ2v) is 8.10. The molecule has 0 aliphatic heterocycles. The summed E-state index contributed by atoms with van der Waals surface area (Å²) in [4.78, 5) is 3.20. The lowest BCUT2D eigenvalue weighted by Crippen LogP contribution is -2.30. The van der Waals surface area contributed by atoms with Crippen LogP contribution in [0.15, 0.2) is 54.7 Å². The van der Waals surface area contributed by atoms with Crippen LogP contribution in [0.3, 0.4) is 0 Å². The topological polar surface area (TPSA) is 71.2 Å². The van der Waals surface area contributed by atoms with Gasteiger partial charge < -0.3 is 9.72 Å². The standard InChI is InChI=1S/C20H24N2O3S/c1-2-16-7-9-18(10-8-16)25-13-14-26(23,24)22-12-11-17-15-21-20-6-4-3-5-19(17)20/h3-10,15,21-22H,2,11-14H2,1H3. The van der Waals surface area contributed by atoms with Crippen LogP contribution in [0.4, 0.5) is 0 Å². The minimum atomic E-state index is -3.36. The molecule has 0 bridgehead atoms. The molecular formula is C20H24N2O3S. The number of benzene rings is 2. The highest BCUT2D eigenvalue weighted by atomic mass is 32.2. The summed E-state index contributed by atoms with van der Waals surface area (Å²) in [5.74, 6) is 0.632. The van der Waals surface area contributed by atoms with E-state index in [1.54, 1.807) is 0 Å². The Kier molecular flexibility index (Phi) is 5.96. The zero-order valence-corrected chi connectivity index (χ0v) is 15.7. The maximum Gasteiger partial charge on any atom is 0.214 e. The van der Waals surface area contributed by atoms with Crippen molar-refractivity contribution in [3.63, 3.8) is 0 Å². The van der Waals surface area contributed by atoms with Gasteiger partial charge in [0, 0.05) is 23.6 Å². The van der Waals surface area contributed by atoms with Crippen molar-refractivity contribution in [1.29, 1.82) is 0 Å². The molecule has 2 aromatic carbocycles. The van der Waals surface area contributed by atoms with Crippen molar-refractivity contribution in [2.24, 2.45) is 0 Å². The molecule has 0 radical (unpaired) electrons. The SMILES string of the molecule is CCc1ccc(OCCS(=O)(=O)NCCc2c[nH]c3ccccc23)cc1. The van der Waals surface area contributed by atoms with E-state index in [9.17, 15) is 8.42 Å². The minimum absolute atomic E-state index is 0.0591. The lowest BCUT2D eigenvalue weighted by atomic mass is 10.1. The zero-order valence-electron chi connectivity index (χ0n) is 14.9. The molecule has 0 fully saturated rings. The Hall–Kier alpha value is -2.31. The van der Waals surface area contributed by atoms with Crippen molar-refractivity contribution in [2.75, 3.05) is 18.9 Å². The molecule has 0 amide bonds. The van der Waals surface area contributed by atoms with Crippen molar-refractivity contribution in [1.82, 2.24) is 9.71 Å². The van der Waals surface area contributed by atoms with Crippen LogP contribution in [-0.4, -0.2) is 32.3 Å². The van der Waals surface area contributed by atoms with Crippen LogP contribution in [0, 0.1) is 0 Å². The van der Waals surface area contributed by atoms with Crippen LogP contribution >= 0.6 is 0 Å². The summed E-state index contributed by atoms with van der Waals surface area (Å²) in [7, 11) is -3.36. The quantitative estimate of drug-likeness (QED) is 0.606. The first-order valence-electron chi connectivity index (χ1n) is 8.81. The number of H-pyrrole nitrogens is 1. The fourth-order valence-electron chi connectivity index (χ4n) is 2.84. The summed E-state index contributed by atoms with van der Waals surface area (Å²) >= 11 is 0. The summed E-state index contributed by atoms with van der Waals surface area (Å²) < 4.78 is 32.4. The molecule has 26 heavy (non-hydrogen) atoms. The Morgan fingerprint density at radius 3 is 2.62 bits per heavy atom. The molecule has 0 atom stereocenters. The van der Waals surface area contributed by atoms with Gasteiger partial charge in [-0.1, -0.05) is 37.3 Å². The van der Waals surface area contributed by atoms with Gasteiger partial charge in [0.1, 0.15) is 12.4 Å². The van der Waals surface area contributed by atoms with Crippen LogP contribution in [0.2, 0.25) is 0 Å². The van der Waals surface area contributed by atoms with Crippen LogP contribution in [0.25, 0.3) is 10.9 Å². The second kappa shape index (κ2) is 8.38. The van der Waals surface area contributed by atoms with E-state index in [0.717, 1.165) is 22.9 Å². The molecule has 1 aromatic heterocycles. The van der Waals surface area contributed by atoms with Crippen molar-refractivity contribution >= 4 is 20.9 Å². The van der Waals surface area contributed by atoms with E-state index >= 15 is 0 Å². The molecule has 0 saturated carbocycles. The van der Waals surface area contributed by atoms with Gasteiger partial charge in [-0.05, 0) is 42.2 Å². The zero-order chi connectivity index (χ0) is 18.4. The number of hydrogen-bond donors (Lipinski definition) is 2. The maximum absolute atomic E-state index is 12.1. The highest BCUT2D eigenvalue weighted by Crippen LogP contribution is 2.17. The Bertz CT molecular complexity index is 947. The third kappa shape index (κ3) is 4.86. The van der Waals surface area contributed by atoms with Gasteiger partial charge in [0.25, 0.3) is 0 Å². The van der Waals surface area contributed by atoms with Crippen molar-refractivity contribution < 1.29 is 13.2 Å². The molecule has 6 heteroatoms. The van der Waals surface area contributed by atoms with Gasteiger partial charge in [0.05, 0.1) is 5.75 Å². The highest BCUT2D eigenvalue weighted by molar-refractivity contribution is 7.89. The smallest absolute Gasteiger partial charge is 0.214 e. The predicted molar refractivity (Wildman–Crippen MR) is 105 cm³/mol. The lowest BCUT2D eigenvalue weighted by molar-refractivity contribution is 0.340. The average Bonchev–Trinajstić information content (AvgIpc) is 3.05. The molecule has 0 spiro atoms. The summed E-state index contributed by atoms with van der Waals surface area (Å²) in [5, 5.41) is 1.13. The van der Waals surface area contributed by atoms with E-state index < -0.39 is 10.0 Å². The minimum Gasteiger partial charge on any atom is -0.492 e. The largest absolute Gasteiger partial charge is 0.492 e. The third-order valence-electron chi connectivity index (χ3n) is 4.34. The fraction of sp³-hybridized carbons (Fsp3) is 0.300. The number of para-hydroxylation sites is 1. The van der Waals surface area contributed by atoms with E-state index in [1.165, 1.54) is 5.56 Å². The Morgan fingerprint density at radius 1 is 1.08 bits per heavy atom. The third-order valence-corrected chi connectivity index (χ3v) is 5.69. The normalized spacial score (nSPS) is 11.7. The van der Waals surface area contributed by atoms with Crippen LogP contribution in [0.5, 0.6) is 5.75 Å². The van der Waals surface area contributed by atoms with Crippen LogP contribution in [-0.2, 0) is 22.9 Å². The van der Waals surface area contributed by atoms with Crippen LogP contribution in [0.1, 0.15) is 18.1 Å². The van der Waals surface area contributed by atoms with E-state index in [1.807, 2.05) is 54.7 Å². The van der Waals surface area contributed by atoms with Gasteiger partial charge in [-0.25, -0.2) is 13.1 Å². The first kappa shape index (κ1) is 18.5. The summed E-state index contributed by atoms with van der Waals surface area (Å²) in [6.45, 7) is 2.59. The molecule has 5 nitrogen and oxygen atoms in total. The number of aryl methyl sites for hydroxylation is 1. The number of hydrogen-bond acceptors (Lipinski definition) is 3. The van der Waals surface area contributed by atoms with E-state index in [4.69, 9.17) is 4.74 Å². The summed E-state index contributed by atoms with van der Waals surface area (Å²) in [6.07, 6.45) is 3.54. The van der Waals surface area contributed by atoms with Gasteiger partial charge in [-0.15, -0.1) is 0 Å². The molecule has 3 aromatic rings. The molecular weight excluding hydrogens is 348 g/mol. The Balaban J connectivity index is 1.45. The number of sulfonamides is 1. The van der Waals surface area contributed by atoms with E-state index in [-0.39, 0.29) is 12.4 Å². The first-order chi connectivity index (χ1) is 12.6. The number of ether oxygens (including phenoxy) is 1. The second-order valence-electron chi connectivity index (χ2n) is 6.17. The molecule has 138 valence electrons. The number of rotatable bonds is 9. The number of aromatic amines is 1. The molecule has 0 aliphatic rings. The van der Waals surface area contributed by atoms with Crippen LogP contribution < -0.4 is 9.46 Å². The monoisotopic (exact) mass is 372 g/mol. The first-order valence-corrected chi connectivity index (χ1v) is 10.5. The Labute approximate surface area is 154 Å². The Morgan fingerprint density at radius 2 is 1.85 bits per heavy atom. The van der Waals surface area contributed by atoms with Gasteiger partial charge in [0.15, 0.2) is 0 Å². The molecule has 0 aliphatic carbocycles. The molecule has 2 N–H and O–H groups in total. The lowest BCUT2D eigenvalue weighted by Gasteiger charge is -2.09. The summed E-state index contributed by atoms with van der Waals surface area (Å²) in [5.41, 5.74) is 3.40. The molecule has 3 rings (SSSR count). The summed E-state index contributed by atoms with van der Waals surface area (Å²) in [6, 6.07) is 15.7. The van der Waals surface area contributed by atoms with Gasteiger partial charge in [-0.2, -0.15) is 0 Å².